The van der Waals surface area contributed by atoms with Crippen LogP contribution >= 0.6 is 0 Å². The molecule has 106 valence electrons. The van der Waals surface area contributed by atoms with Gasteiger partial charge in [0.05, 0.1) is 0 Å². The molecule has 0 fully saturated rings. The molecule has 0 heterocycles. The van der Waals surface area contributed by atoms with Crippen molar-refractivity contribution in [3.8, 4) is 0 Å². The summed E-state index contributed by atoms with van der Waals surface area (Å²) in [7, 11) is 0. The van der Waals surface area contributed by atoms with Gasteiger partial charge in [-0.05, 0) is 62.8 Å². The number of unbranched alkanes of at least 4 members (excludes halogenated alkanes) is 3. The Labute approximate surface area is 120 Å². The van der Waals surface area contributed by atoms with E-state index in [0.717, 1.165) is 17.6 Å². The normalized spacial score (nSPS) is 13.6. The lowest BCUT2D eigenvalue weighted by Gasteiger charge is -2.13. The van der Waals surface area contributed by atoms with Crippen molar-refractivity contribution < 1.29 is 0 Å². The summed E-state index contributed by atoms with van der Waals surface area (Å²) >= 11 is 0. The molecule has 0 rings (SSSR count). The smallest absolute Gasteiger partial charge is 0.0204 e. The Kier molecular flexibility index (Phi) is 8.95. The van der Waals surface area contributed by atoms with Crippen LogP contribution in [0.15, 0.2) is 59.3 Å². The summed E-state index contributed by atoms with van der Waals surface area (Å²) in [5.74, 6) is 0. The van der Waals surface area contributed by atoms with Crippen LogP contribution < -0.4 is 0 Å². The van der Waals surface area contributed by atoms with Crippen LogP contribution in [0.3, 0.4) is 0 Å². The van der Waals surface area contributed by atoms with E-state index in [1.807, 2.05) is 6.92 Å². The monoisotopic (exact) mass is 258 g/mol. The van der Waals surface area contributed by atoms with E-state index in [-0.39, 0.29) is 0 Å². The maximum atomic E-state index is 4.26. The molecule has 19 heavy (non-hydrogen) atoms. The van der Waals surface area contributed by atoms with E-state index in [1.165, 1.54) is 36.0 Å². The molecule has 0 aromatic carbocycles. The maximum Gasteiger partial charge on any atom is -0.0204 e. The van der Waals surface area contributed by atoms with Crippen molar-refractivity contribution in [2.75, 3.05) is 0 Å². The molecule has 0 saturated heterocycles. The first-order valence-corrected chi connectivity index (χ1v) is 7.31. The minimum absolute atomic E-state index is 1.11. The maximum absolute atomic E-state index is 4.26. The summed E-state index contributed by atoms with van der Waals surface area (Å²) < 4.78 is 0. The van der Waals surface area contributed by atoms with Gasteiger partial charge in [-0.15, -0.1) is 0 Å². The fourth-order valence-electron chi connectivity index (χ4n) is 2.01. The quantitative estimate of drug-likeness (QED) is 0.342. The van der Waals surface area contributed by atoms with E-state index in [2.05, 4.69) is 59.1 Å². The van der Waals surface area contributed by atoms with E-state index in [4.69, 9.17) is 0 Å². The van der Waals surface area contributed by atoms with Crippen LogP contribution in [-0.4, -0.2) is 0 Å². The van der Waals surface area contributed by atoms with Gasteiger partial charge in [-0.2, -0.15) is 0 Å². The number of rotatable bonds is 8. The van der Waals surface area contributed by atoms with E-state index >= 15 is 0 Å². The lowest BCUT2D eigenvalue weighted by molar-refractivity contribution is 0.728. The first-order chi connectivity index (χ1) is 8.95. The SMILES string of the molecule is C=C(C)/C(=C/CCCCC)C(=C)/C(C)=C(C)\C=C/C. The topological polar surface area (TPSA) is 0 Å². The molecule has 0 aliphatic carbocycles. The van der Waals surface area contributed by atoms with Crippen molar-refractivity contribution >= 4 is 0 Å². The van der Waals surface area contributed by atoms with E-state index < -0.39 is 0 Å². The molecule has 0 atom stereocenters. The third-order valence-electron chi connectivity index (χ3n) is 3.40. The van der Waals surface area contributed by atoms with Gasteiger partial charge in [0, 0.05) is 0 Å². The van der Waals surface area contributed by atoms with Crippen LogP contribution in [0.1, 0.15) is 60.3 Å². The zero-order valence-electron chi connectivity index (χ0n) is 13.5. The van der Waals surface area contributed by atoms with Gasteiger partial charge in [0.15, 0.2) is 0 Å². The van der Waals surface area contributed by atoms with Gasteiger partial charge >= 0.3 is 0 Å². The van der Waals surface area contributed by atoms with Crippen LogP contribution in [-0.2, 0) is 0 Å². The van der Waals surface area contributed by atoms with Crippen molar-refractivity contribution in [1.29, 1.82) is 0 Å². The Morgan fingerprint density at radius 3 is 2.16 bits per heavy atom. The molecule has 0 heteroatoms. The number of allylic oxidation sites excluding steroid dienone is 8. The van der Waals surface area contributed by atoms with Gasteiger partial charge in [-0.1, -0.05) is 56.7 Å². The van der Waals surface area contributed by atoms with Crippen molar-refractivity contribution in [3.05, 3.63) is 59.3 Å². The minimum Gasteiger partial charge on any atom is -0.0955 e. The number of hydrogen-bond donors (Lipinski definition) is 0. The largest absolute Gasteiger partial charge is 0.0955 e. The third-order valence-corrected chi connectivity index (χ3v) is 3.40. The van der Waals surface area contributed by atoms with E-state index in [0.29, 0.717) is 0 Å². The summed E-state index contributed by atoms with van der Waals surface area (Å²) in [4.78, 5) is 0. The molecule has 0 radical (unpaired) electrons. The summed E-state index contributed by atoms with van der Waals surface area (Å²) in [6, 6.07) is 0. The fourth-order valence-corrected chi connectivity index (χ4v) is 2.01. The van der Waals surface area contributed by atoms with E-state index in [1.54, 1.807) is 0 Å². The van der Waals surface area contributed by atoms with Crippen molar-refractivity contribution in [1.82, 2.24) is 0 Å². The zero-order chi connectivity index (χ0) is 14.8. The molecule has 0 amide bonds. The van der Waals surface area contributed by atoms with Crippen LogP contribution in [0.4, 0.5) is 0 Å². The fraction of sp³-hybridized carbons (Fsp3) is 0.474. The molecule has 0 nitrogen and oxygen atoms in total. The van der Waals surface area contributed by atoms with Gasteiger partial charge in [0.2, 0.25) is 0 Å². The van der Waals surface area contributed by atoms with Gasteiger partial charge in [0.1, 0.15) is 0 Å². The molecule has 0 aliphatic heterocycles. The highest BCUT2D eigenvalue weighted by atomic mass is 14.1. The summed E-state index contributed by atoms with van der Waals surface area (Å²) in [6.45, 7) is 19.0. The molecular formula is C19H30. The first-order valence-electron chi connectivity index (χ1n) is 7.31. The second-order valence-corrected chi connectivity index (χ2v) is 5.18. The lowest BCUT2D eigenvalue weighted by Crippen LogP contribution is -1.94. The molecule has 0 bridgehead atoms. The Morgan fingerprint density at radius 1 is 1.05 bits per heavy atom. The Bertz CT molecular complexity index is 400. The summed E-state index contributed by atoms with van der Waals surface area (Å²) in [5, 5.41) is 0. The Hall–Kier alpha value is -1.30. The van der Waals surface area contributed by atoms with Gasteiger partial charge in [-0.3, -0.25) is 0 Å². The molecule has 0 aromatic heterocycles. The minimum atomic E-state index is 1.11. The standard InChI is InChI=1S/C19H30/c1-8-10-11-12-14-19(15(3)4)18(7)17(6)16(5)13-9-2/h9,13-14H,3,7-8,10-12H2,1-2,4-6H3/b13-9-,17-16-,19-14-. The van der Waals surface area contributed by atoms with Gasteiger partial charge in [0.25, 0.3) is 0 Å². The predicted octanol–water partition coefficient (Wildman–Crippen LogP) is 6.54. The Morgan fingerprint density at radius 2 is 1.68 bits per heavy atom. The van der Waals surface area contributed by atoms with Crippen molar-refractivity contribution in [2.45, 2.75) is 60.3 Å². The molecule has 0 unspecified atom stereocenters. The first kappa shape index (κ1) is 17.7. The highest BCUT2D eigenvalue weighted by Gasteiger charge is 2.07. The van der Waals surface area contributed by atoms with Crippen LogP contribution in [0.2, 0.25) is 0 Å². The lowest BCUT2D eigenvalue weighted by atomic mass is 9.92. The average molecular weight is 258 g/mol. The molecule has 0 aliphatic rings. The average Bonchev–Trinajstić information content (AvgIpc) is 2.37. The third kappa shape index (κ3) is 6.42. The second kappa shape index (κ2) is 9.61. The molecule has 0 saturated carbocycles. The highest BCUT2D eigenvalue weighted by Crippen LogP contribution is 2.26. The van der Waals surface area contributed by atoms with Gasteiger partial charge < -0.3 is 0 Å². The van der Waals surface area contributed by atoms with E-state index in [9.17, 15) is 0 Å². The van der Waals surface area contributed by atoms with Crippen LogP contribution in [0.25, 0.3) is 0 Å². The summed E-state index contributed by atoms with van der Waals surface area (Å²) in [6.07, 6.45) is 11.4. The van der Waals surface area contributed by atoms with Crippen LogP contribution in [0.5, 0.6) is 0 Å². The van der Waals surface area contributed by atoms with Gasteiger partial charge in [-0.25, -0.2) is 0 Å². The summed E-state index contributed by atoms with van der Waals surface area (Å²) in [5.41, 5.74) is 5.96. The predicted molar refractivity (Wildman–Crippen MR) is 89.4 cm³/mol. The molecular weight excluding hydrogens is 228 g/mol. The molecule has 0 spiro atoms. The Balaban J connectivity index is 5.05. The van der Waals surface area contributed by atoms with Crippen molar-refractivity contribution in [3.63, 3.8) is 0 Å². The van der Waals surface area contributed by atoms with Crippen molar-refractivity contribution in [2.24, 2.45) is 0 Å². The second-order valence-electron chi connectivity index (χ2n) is 5.18. The zero-order valence-corrected chi connectivity index (χ0v) is 13.5. The van der Waals surface area contributed by atoms with Crippen LogP contribution in [0, 0.1) is 0 Å². The molecule has 0 N–H and O–H groups in total. The number of hydrogen-bond acceptors (Lipinski definition) is 0. The highest BCUT2D eigenvalue weighted by molar-refractivity contribution is 5.54. The molecule has 0 aromatic rings.